The van der Waals surface area contributed by atoms with Crippen LogP contribution < -0.4 is 10.1 Å². The summed E-state index contributed by atoms with van der Waals surface area (Å²) in [5, 5.41) is 2.86. The van der Waals surface area contributed by atoms with Crippen molar-refractivity contribution < 1.29 is 22.7 Å². The number of likely N-dealkylation sites (tertiary alicyclic amines) is 1. The molecule has 0 saturated carbocycles. The maximum atomic E-state index is 13.5. The zero-order chi connectivity index (χ0) is 22.7. The third-order valence-electron chi connectivity index (χ3n) is 5.80. The summed E-state index contributed by atoms with van der Waals surface area (Å²) in [7, 11) is 1.58. The van der Waals surface area contributed by atoms with Crippen LogP contribution in [-0.4, -0.2) is 47.1 Å². The normalized spacial score (nSPS) is 15.8. The summed E-state index contributed by atoms with van der Waals surface area (Å²) < 4.78 is 47.0. The van der Waals surface area contributed by atoms with E-state index in [4.69, 9.17) is 4.74 Å². The minimum atomic E-state index is -4.50. The van der Waals surface area contributed by atoms with Crippen LogP contribution in [0.15, 0.2) is 48.5 Å². The van der Waals surface area contributed by atoms with E-state index in [-0.39, 0.29) is 24.9 Å². The first-order valence-electron chi connectivity index (χ1n) is 10.5. The fraction of sp³-hybridized carbons (Fsp3) is 0.391. The average molecular weight is 446 g/mol. The number of carbonyl (C=O) groups is 1. The molecular weight excluding hydrogens is 421 g/mol. The van der Waals surface area contributed by atoms with Crippen molar-refractivity contribution in [2.24, 2.45) is 5.92 Å². The molecule has 32 heavy (non-hydrogen) atoms. The van der Waals surface area contributed by atoms with Crippen LogP contribution in [0.2, 0.25) is 0 Å². The molecule has 2 aromatic carbocycles. The van der Waals surface area contributed by atoms with Crippen LogP contribution in [-0.2, 0) is 17.5 Å². The van der Waals surface area contributed by atoms with Crippen LogP contribution in [0.1, 0.15) is 18.7 Å². The Morgan fingerprint density at radius 3 is 2.47 bits per heavy atom. The van der Waals surface area contributed by atoms with Gasteiger partial charge >= 0.3 is 6.18 Å². The number of benzene rings is 2. The van der Waals surface area contributed by atoms with Gasteiger partial charge in [0.05, 0.1) is 24.7 Å². The second-order valence-electron chi connectivity index (χ2n) is 8.03. The number of anilines is 1. The summed E-state index contributed by atoms with van der Waals surface area (Å²) in [6.07, 6.45) is -3.06. The van der Waals surface area contributed by atoms with E-state index in [9.17, 15) is 18.0 Å². The molecule has 1 aromatic heterocycles. The van der Waals surface area contributed by atoms with Crippen molar-refractivity contribution in [3.8, 4) is 5.75 Å². The molecule has 1 amide bonds. The topological polar surface area (TPSA) is 59.4 Å². The minimum Gasteiger partial charge on any atom is -0.497 e. The molecule has 0 radical (unpaired) electrons. The van der Waals surface area contributed by atoms with Gasteiger partial charge in [-0.15, -0.1) is 0 Å². The highest BCUT2D eigenvalue weighted by Gasteiger charge is 2.38. The maximum Gasteiger partial charge on any atom is 0.449 e. The smallest absolute Gasteiger partial charge is 0.449 e. The first-order valence-corrected chi connectivity index (χ1v) is 10.5. The van der Waals surface area contributed by atoms with E-state index in [1.165, 1.54) is 4.57 Å². The summed E-state index contributed by atoms with van der Waals surface area (Å²) in [6, 6.07) is 13.8. The molecular formula is C23H25F3N4O2. The Hall–Kier alpha value is -3.07. The van der Waals surface area contributed by atoms with E-state index < -0.39 is 12.0 Å². The van der Waals surface area contributed by atoms with Crippen molar-refractivity contribution in [1.29, 1.82) is 0 Å². The molecule has 9 heteroatoms. The van der Waals surface area contributed by atoms with Crippen LogP contribution in [0.4, 0.5) is 18.9 Å². The largest absolute Gasteiger partial charge is 0.497 e. The predicted molar refractivity (Wildman–Crippen MR) is 116 cm³/mol. The number of nitrogens with zero attached hydrogens (tertiary/aromatic N) is 3. The highest BCUT2D eigenvalue weighted by molar-refractivity contribution is 5.92. The van der Waals surface area contributed by atoms with Gasteiger partial charge in [-0.1, -0.05) is 12.1 Å². The van der Waals surface area contributed by atoms with Gasteiger partial charge in [0.15, 0.2) is 0 Å². The second-order valence-corrected chi connectivity index (χ2v) is 8.03. The van der Waals surface area contributed by atoms with Crippen LogP contribution in [0, 0.1) is 5.92 Å². The number of piperidine rings is 1. The van der Waals surface area contributed by atoms with E-state index in [2.05, 4.69) is 10.3 Å². The first kappa shape index (κ1) is 22.1. The minimum absolute atomic E-state index is 0.0922. The summed E-state index contributed by atoms with van der Waals surface area (Å²) in [6.45, 7) is 1.84. The van der Waals surface area contributed by atoms with Crippen molar-refractivity contribution in [1.82, 2.24) is 14.5 Å². The number of nitrogens with one attached hydrogen (secondary N) is 1. The number of ether oxygens (including phenoxy) is 1. The molecule has 4 rings (SSSR count). The van der Waals surface area contributed by atoms with Crippen LogP contribution in [0.3, 0.4) is 0 Å². The SMILES string of the molecule is COc1ccc(NC(=O)CN2CCC(Cn3c(C(F)(F)F)nc4ccccc43)CC2)cc1. The number of para-hydroxylation sites is 2. The standard InChI is InChI=1S/C23H25F3N4O2/c1-32-18-8-6-17(7-9-18)27-21(31)15-29-12-10-16(11-13-29)14-30-20-5-3-2-4-19(20)28-22(30)23(24,25)26/h2-9,16H,10-15H2,1H3,(H,27,31). The second kappa shape index (κ2) is 9.20. The van der Waals surface area contributed by atoms with E-state index >= 15 is 0 Å². The fourth-order valence-corrected chi connectivity index (χ4v) is 4.14. The van der Waals surface area contributed by atoms with Crippen molar-refractivity contribution >= 4 is 22.6 Å². The first-order chi connectivity index (χ1) is 15.3. The molecule has 2 heterocycles. The third kappa shape index (κ3) is 5.04. The zero-order valence-corrected chi connectivity index (χ0v) is 17.7. The van der Waals surface area contributed by atoms with E-state index in [0.717, 1.165) is 12.8 Å². The average Bonchev–Trinajstić information content (AvgIpc) is 3.15. The van der Waals surface area contributed by atoms with Crippen molar-refractivity contribution in [2.45, 2.75) is 25.6 Å². The Morgan fingerprint density at radius 1 is 1.12 bits per heavy atom. The Bertz CT molecular complexity index is 1070. The number of alkyl halides is 3. The molecule has 1 fully saturated rings. The Kier molecular flexibility index (Phi) is 6.36. The molecule has 0 aliphatic carbocycles. The molecule has 3 aromatic rings. The molecule has 0 spiro atoms. The third-order valence-corrected chi connectivity index (χ3v) is 5.80. The monoisotopic (exact) mass is 446 g/mol. The lowest BCUT2D eigenvalue weighted by molar-refractivity contribution is -0.147. The van der Waals surface area contributed by atoms with Crippen molar-refractivity contribution in [3.63, 3.8) is 0 Å². The van der Waals surface area contributed by atoms with Gasteiger partial charge < -0.3 is 14.6 Å². The molecule has 1 aliphatic heterocycles. The molecule has 6 nitrogen and oxygen atoms in total. The number of rotatable bonds is 6. The lowest BCUT2D eigenvalue weighted by Gasteiger charge is -2.32. The number of aromatic nitrogens is 2. The summed E-state index contributed by atoms with van der Waals surface area (Å²) >= 11 is 0. The summed E-state index contributed by atoms with van der Waals surface area (Å²) in [5.74, 6) is -0.160. The number of imidazole rings is 1. The van der Waals surface area contributed by atoms with Gasteiger partial charge in [-0.2, -0.15) is 13.2 Å². The molecule has 170 valence electrons. The van der Waals surface area contributed by atoms with Crippen LogP contribution in [0.25, 0.3) is 11.0 Å². The number of fused-ring (bicyclic) bond motifs is 1. The number of halogens is 3. The molecule has 0 unspecified atom stereocenters. The van der Waals surface area contributed by atoms with Gasteiger partial charge in [0.2, 0.25) is 11.7 Å². The Balaban J connectivity index is 1.34. The maximum absolute atomic E-state index is 13.5. The molecule has 0 bridgehead atoms. The number of hydrogen-bond acceptors (Lipinski definition) is 4. The fourth-order valence-electron chi connectivity index (χ4n) is 4.14. The Labute approximate surface area is 184 Å². The number of methoxy groups -OCH3 is 1. The molecule has 1 N–H and O–H groups in total. The lowest BCUT2D eigenvalue weighted by atomic mass is 9.96. The number of amides is 1. The highest BCUT2D eigenvalue weighted by atomic mass is 19.4. The van der Waals surface area contributed by atoms with Gasteiger partial charge in [0, 0.05) is 12.2 Å². The van der Waals surface area contributed by atoms with E-state index in [0.29, 0.717) is 35.6 Å². The van der Waals surface area contributed by atoms with Crippen LogP contribution in [0.5, 0.6) is 5.75 Å². The van der Waals surface area contributed by atoms with Gasteiger partial charge in [-0.25, -0.2) is 4.98 Å². The van der Waals surface area contributed by atoms with Gasteiger partial charge in [-0.05, 0) is 68.2 Å². The zero-order valence-electron chi connectivity index (χ0n) is 17.7. The van der Waals surface area contributed by atoms with Gasteiger partial charge in [-0.3, -0.25) is 9.69 Å². The molecule has 0 atom stereocenters. The van der Waals surface area contributed by atoms with Crippen molar-refractivity contribution in [2.75, 3.05) is 32.1 Å². The molecule has 1 saturated heterocycles. The lowest BCUT2D eigenvalue weighted by Crippen LogP contribution is -2.40. The van der Waals surface area contributed by atoms with Crippen molar-refractivity contribution in [3.05, 3.63) is 54.4 Å². The van der Waals surface area contributed by atoms with Gasteiger partial charge in [0.25, 0.3) is 0 Å². The predicted octanol–water partition coefficient (Wildman–Crippen LogP) is 4.41. The number of carbonyl (C=O) groups excluding carboxylic acids is 1. The summed E-state index contributed by atoms with van der Waals surface area (Å²) in [5.41, 5.74) is 1.55. The van der Waals surface area contributed by atoms with E-state index in [1.54, 1.807) is 55.6 Å². The quantitative estimate of drug-likeness (QED) is 0.609. The number of hydrogen-bond donors (Lipinski definition) is 1. The van der Waals surface area contributed by atoms with E-state index in [1.807, 2.05) is 4.90 Å². The molecule has 1 aliphatic rings. The summed E-state index contributed by atoms with van der Waals surface area (Å²) in [4.78, 5) is 18.2. The highest BCUT2D eigenvalue weighted by Crippen LogP contribution is 2.33. The van der Waals surface area contributed by atoms with Gasteiger partial charge in [0.1, 0.15) is 5.75 Å². The Morgan fingerprint density at radius 2 is 1.81 bits per heavy atom. The van der Waals surface area contributed by atoms with Crippen LogP contribution >= 0.6 is 0 Å².